The van der Waals surface area contributed by atoms with Crippen molar-refractivity contribution in [3.63, 3.8) is 0 Å². The van der Waals surface area contributed by atoms with E-state index in [0.29, 0.717) is 6.04 Å². The Bertz CT molecular complexity index is 444. The van der Waals surface area contributed by atoms with Gasteiger partial charge in [0, 0.05) is 31.1 Å². The smallest absolute Gasteiger partial charge is 0.248 e. The van der Waals surface area contributed by atoms with Gasteiger partial charge in [0.25, 0.3) is 0 Å². The van der Waals surface area contributed by atoms with Crippen LogP contribution in [-0.4, -0.2) is 46.9 Å². The number of hydrogen-bond acceptors (Lipinski definition) is 5. The predicted octanol–water partition coefficient (Wildman–Crippen LogP) is 0.994. The molecule has 1 amide bonds. The van der Waals surface area contributed by atoms with Crippen LogP contribution < -0.4 is 10.2 Å². The Morgan fingerprint density at radius 2 is 2.35 bits per heavy atom. The molecule has 1 N–H and O–H groups in total. The number of rotatable bonds is 1. The van der Waals surface area contributed by atoms with Crippen LogP contribution in [0.5, 0.6) is 0 Å². The van der Waals surface area contributed by atoms with Crippen LogP contribution in [0.15, 0.2) is 5.38 Å². The quantitative estimate of drug-likeness (QED) is 0.810. The average Bonchev–Trinajstić information content (AvgIpc) is 2.76. The van der Waals surface area contributed by atoms with Gasteiger partial charge in [-0.25, -0.2) is 0 Å². The Hall–Kier alpha value is -1.14. The van der Waals surface area contributed by atoms with Crippen molar-refractivity contribution < 1.29 is 4.79 Å². The summed E-state index contributed by atoms with van der Waals surface area (Å²) in [6.45, 7) is 7.02. The molecule has 0 spiro atoms. The Labute approximate surface area is 105 Å². The molecule has 1 unspecified atom stereocenters. The summed E-state index contributed by atoms with van der Waals surface area (Å²) < 4.78 is 4.38. The second-order valence-electron chi connectivity index (χ2n) is 4.84. The van der Waals surface area contributed by atoms with Gasteiger partial charge in [0.05, 0.1) is 5.69 Å². The van der Waals surface area contributed by atoms with E-state index in [-0.39, 0.29) is 11.9 Å². The molecule has 3 rings (SSSR count). The molecule has 0 aliphatic carbocycles. The molecule has 2 aliphatic heterocycles. The van der Waals surface area contributed by atoms with E-state index in [0.717, 1.165) is 31.1 Å². The molecule has 5 nitrogen and oxygen atoms in total. The fourth-order valence-electron chi connectivity index (χ4n) is 2.49. The fraction of sp³-hybridized carbons (Fsp3) is 0.636. The number of fused-ring (bicyclic) bond motifs is 3. The molecule has 1 saturated heterocycles. The van der Waals surface area contributed by atoms with E-state index < -0.39 is 0 Å². The number of carbonyl (C=O) groups is 1. The number of hydrogen-bond donors (Lipinski definition) is 1. The normalized spacial score (nSPS) is 24.5. The molecule has 0 radical (unpaired) electrons. The van der Waals surface area contributed by atoms with Crippen molar-refractivity contribution in [1.82, 2.24) is 9.27 Å². The van der Waals surface area contributed by atoms with Gasteiger partial charge in [-0.05, 0) is 25.4 Å². The summed E-state index contributed by atoms with van der Waals surface area (Å²) in [5, 5.41) is 4.84. The van der Waals surface area contributed by atoms with E-state index in [9.17, 15) is 4.79 Å². The van der Waals surface area contributed by atoms with E-state index in [4.69, 9.17) is 0 Å². The second-order valence-corrected chi connectivity index (χ2v) is 5.47. The minimum absolute atomic E-state index is 0.0826. The average molecular weight is 252 g/mol. The van der Waals surface area contributed by atoms with Gasteiger partial charge in [0.1, 0.15) is 6.04 Å². The maximum absolute atomic E-state index is 12.1. The first kappa shape index (κ1) is 11.0. The van der Waals surface area contributed by atoms with Crippen LogP contribution >= 0.6 is 11.5 Å². The summed E-state index contributed by atoms with van der Waals surface area (Å²) in [5.74, 6) is 1.05. The van der Waals surface area contributed by atoms with Gasteiger partial charge in [-0.2, -0.15) is 4.37 Å². The number of piperazine rings is 1. The highest BCUT2D eigenvalue weighted by molar-refractivity contribution is 7.04. The molecular formula is C11H16N4OS. The van der Waals surface area contributed by atoms with Gasteiger partial charge in [-0.3, -0.25) is 9.69 Å². The zero-order valence-electron chi connectivity index (χ0n) is 10.0. The first-order chi connectivity index (χ1) is 8.16. The van der Waals surface area contributed by atoms with E-state index in [1.807, 2.05) is 5.38 Å². The van der Waals surface area contributed by atoms with E-state index >= 15 is 0 Å². The van der Waals surface area contributed by atoms with Crippen molar-refractivity contribution in [2.75, 3.05) is 29.9 Å². The molecule has 92 valence electrons. The zero-order valence-corrected chi connectivity index (χ0v) is 10.8. The fourth-order valence-corrected chi connectivity index (χ4v) is 3.12. The third-order valence-electron chi connectivity index (χ3n) is 3.53. The third-order valence-corrected chi connectivity index (χ3v) is 4.14. The van der Waals surface area contributed by atoms with Gasteiger partial charge in [-0.1, -0.05) is 0 Å². The third kappa shape index (κ3) is 1.71. The largest absolute Gasteiger partial charge is 0.339 e. The topological polar surface area (TPSA) is 48.5 Å². The highest BCUT2D eigenvalue weighted by Gasteiger charge is 2.39. The Balaban J connectivity index is 1.88. The van der Waals surface area contributed by atoms with Gasteiger partial charge in [0.2, 0.25) is 5.91 Å². The van der Waals surface area contributed by atoms with E-state index in [1.165, 1.54) is 11.5 Å². The lowest BCUT2D eigenvalue weighted by atomic mass is 10.1. The molecule has 3 heterocycles. The van der Waals surface area contributed by atoms with Crippen molar-refractivity contribution >= 4 is 28.9 Å². The second kappa shape index (κ2) is 3.96. The summed E-state index contributed by atoms with van der Waals surface area (Å²) in [7, 11) is 0. The molecule has 1 fully saturated rings. The summed E-state index contributed by atoms with van der Waals surface area (Å²) in [5.41, 5.74) is 0.870. The SMILES string of the molecule is CC(C)N1CCN2c3nscc3NC(=O)C2C1. The first-order valence-corrected chi connectivity index (χ1v) is 6.76. The number of carbonyl (C=O) groups excluding carboxylic acids is 1. The van der Waals surface area contributed by atoms with Gasteiger partial charge in [-0.15, -0.1) is 0 Å². The van der Waals surface area contributed by atoms with Crippen molar-refractivity contribution in [1.29, 1.82) is 0 Å². The Kier molecular flexibility index (Phi) is 2.56. The minimum Gasteiger partial charge on any atom is -0.339 e. The lowest BCUT2D eigenvalue weighted by Crippen LogP contribution is -2.61. The summed E-state index contributed by atoms with van der Waals surface area (Å²) in [6, 6.07) is 0.405. The lowest BCUT2D eigenvalue weighted by molar-refractivity contribution is -0.118. The van der Waals surface area contributed by atoms with Crippen LogP contribution in [0.25, 0.3) is 0 Å². The van der Waals surface area contributed by atoms with Crippen molar-refractivity contribution in [2.24, 2.45) is 0 Å². The molecule has 1 aromatic heterocycles. The molecular weight excluding hydrogens is 236 g/mol. The molecule has 0 saturated carbocycles. The first-order valence-electron chi connectivity index (χ1n) is 5.92. The number of aromatic nitrogens is 1. The van der Waals surface area contributed by atoms with Crippen LogP contribution in [0.3, 0.4) is 0 Å². The maximum Gasteiger partial charge on any atom is 0.248 e. The van der Waals surface area contributed by atoms with Crippen molar-refractivity contribution in [3.05, 3.63) is 5.38 Å². The summed E-state index contributed by atoms with van der Waals surface area (Å²) >= 11 is 1.40. The van der Waals surface area contributed by atoms with E-state index in [1.54, 1.807) is 0 Å². The molecule has 1 aromatic rings. The summed E-state index contributed by atoms with van der Waals surface area (Å²) in [4.78, 5) is 16.5. The number of nitrogens with zero attached hydrogens (tertiary/aromatic N) is 3. The predicted molar refractivity (Wildman–Crippen MR) is 68.6 cm³/mol. The summed E-state index contributed by atoms with van der Waals surface area (Å²) in [6.07, 6.45) is 0. The van der Waals surface area contributed by atoms with Crippen LogP contribution in [0.2, 0.25) is 0 Å². The van der Waals surface area contributed by atoms with Gasteiger partial charge >= 0.3 is 0 Å². The molecule has 0 bridgehead atoms. The monoisotopic (exact) mass is 252 g/mol. The Morgan fingerprint density at radius 1 is 1.53 bits per heavy atom. The molecule has 6 heteroatoms. The Morgan fingerprint density at radius 3 is 3.12 bits per heavy atom. The van der Waals surface area contributed by atoms with Crippen LogP contribution in [-0.2, 0) is 4.79 Å². The van der Waals surface area contributed by atoms with Crippen LogP contribution in [0.4, 0.5) is 11.5 Å². The molecule has 1 atom stereocenters. The highest BCUT2D eigenvalue weighted by Crippen LogP contribution is 2.33. The van der Waals surface area contributed by atoms with E-state index in [2.05, 4.69) is 33.3 Å². The molecule has 0 aromatic carbocycles. The maximum atomic E-state index is 12.1. The zero-order chi connectivity index (χ0) is 12.0. The van der Waals surface area contributed by atoms with Gasteiger partial charge < -0.3 is 10.2 Å². The highest BCUT2D eigenvalue weighted by atomic mass is 32.1. The number of amides is 1. The van der Waals surface area contributed by atoms with Crippen molar-refractivity contribution in [3.8, 4) is 0 Å². The molecule has 2 aliphatic rings. The van der Waals surface area contributed by atoms with Gasteiger partial charge in [0.15, 0.2) is 5.82 Å². The van der Waals surface area contributed by atoms with Crippen molar-refractivity contribution in [2.45, 2.75) is 25.9 Å². The molecule has 17 heavy (non-hydrogen) atoms. The van der Waals surface area contributed by atoms with Crippen LogP contribution in [0.1, 0.15) is 13.8 Å². The van der Waals surface area contributed by atoms with Crippen LogP contribution in [0, 0.1) is 0 Å². The number of nitrogens with one attached hydrogen (secondary N) is 1. The minimum atomic E-state index is -0.0826. The lowest BCUT2D eigenvalue weighted by Gasteiger charge is -2.44. The standard InChI is InChI=1S/C11H16N4OS/c1-7(2)14-3-4-15-9(5-14)11(16)12-8-6-17-13-10(8)15/h6-7,9H,3-5H2,1-2H3,(H,12,16). The number of anilines is 2.